The third-order valence-electron chi connectivity index (χ3n) is 2.87. The molecule has 0 bridgehead atoms. The average Bonchev–Trinajstić information content (AvgIpc) is 2.58. The van der Waals surface area contributed by atoms with Gasteiger partial charge in [-0.15, -0.1) is 0 Å². The van der Waals surface area contributed by atoms with Crippen molar-refractivity contribution < 1.29 is 13.5 Å². The summed E-state index contributed by atoms with van der Waals surface area (Å²) in [4.78, 5) is 0. The van der Waals surface area contributed by atoms with Gasteiger partial charge in [-0.25, -0.2) is 8.42 Å². The Bertz CT molecular complexity index is 424. The van der Waals surface area contributed by atoms with E-state index in [9.17, 15) is 13.5 Å². The molecule has 0 spiro atoms. The first-order valence-corrected chi connectivity index (χ1v) is 6.77. The molecule has 1 aliphatic rings. The fourth-order valence-electron chi connectivity index (χ4n) is 2.04. The van der Waals surface area contributed by atoms with Crippen molar-refractivity contribution in [3.8, 4) is 0 Å². The number of benzene rings is 1. The summed E-state index contributed by atoms with van der Waals surface area (Å²) in [5.74, 6) is 0.210. The highest BCUT2D eigenvalue weighted by Gasteiger charge is 2.37. The van der Waals surface area contributed by atoms with Crippen molar-refractivity contribution in [1.82, 2.24) is 0 Å². The summed E-state index contributed by atoms with van der Waals surface area (Å²) in [6.07, 6.45) is 0.355. The van der Waals surface area contributed by atoms with Gasteiger partial charge in [0.05, 0.1) is 17.1 Å². The molecule has 1 saturated heterocycles. The van der Waals surface area contributed by atoms with E-state index in [1.807, 2.05) is 6.07 Å². The normalized spacial score (nSPS) is 26.3. The van der Waals surface area contributed by atoms with Crippen molar-refractivity contribution in [1.29, 1.82) is 0 Å². The summed E-state index contributed by atoms with van der Waals surface area (Å²) in [6.45, 7) is 0. The molecular weight excluding hydrogens is 212 g/mol. The minimum atomic E-state index is -3.08. The molecule has 1 fully saturated rings. The molecule has 1 heterocycles. The van der Waals surface area contributed by atoms with E-state index in [0.29, 0.717) is 18.4 Å². The summed E-state index contributed by atoms with van der Waals surface area (Å²) in [7, 11) is -3.08. The summed E-state index contributed by atoms with van der Waals surface area (Å²) in [6, 6.07) is 8.98. The summed E-state index contributed by atoms with van der Waals surface area (Å²) < 4.78 is 23.2. The van der Waals surface area contributed by atoms with E-state index < -0.39 is 21.2 Å². The van der Waals surface area contributed by atoms with E-state index >= 15 is 0 Å². The summed E-state index contributed by atoms with van der Waals surface area (Å²) in [5, 5.41) is 9.37. The van der Waals surface area contributed by atoms with Gasteiger partial charge in [-0.1, -0.05) is 30.3 Å². The van der Waals surface area contributed by atoms with Gasteiger partial charge in [0.25, 0.3) is 0 Å². The lowest BCUT2D eigenvalue weighted by molar-refractivity contribution is 0.170. The van der Waals surface area contributed by atoms with Crippen LogP contribution in [0.3, 0.4) is 0 Å². The zero-order chi connectivity index (χ0) is 10.9. The van der Waals surface area contributed by atoms with Gasteiger partial charge in [0, 0.05) is 0 Å². The van der Waals surface area contributed by atoms with Crippen LogP contribution in [0, 0.1) is 0 Å². The molecular formula is C11H14O3S. The molecule has 2 rings (SSSR count). The van der Waals surface area contributed by atoms with Crippen molar-refractivity contribution >= 4 is 9.84 Å². The van der Waals surface area contributed by atoms with Gasteiger partial charge in [0.2, 0.25) is 0 Å². The van der Waals surface area contributed by atoms with Gasteiger partial charge in [-0.2, -0.15) is 0 Å². The Morgan fingerprint density at radius 2 is 1.93 bits per heavy atom. The van der Waals surface area contributed by atoms with E-state index in [0.717, 1.165) is 0 Å². The SMILES string of the molecule is O=S1(=O)CCC[C@@H]1[C@@H](O)c1ccccc1. The van der Waals surface area contributed by atoms with Crippen molar-refractivity contribution in [3.05, 3.63) is 35.9 Å². The molecule has 1 N–H and O–H groups in total. The molecule has 82 valence electrons. The van der Waals surface area contributed by atoms with E-state index in [1.54, 1.807) is 24.3 Å². The number of hydrogen-bond donors (Lipinski definition) is 1. The predicted molar refractivity (Wildman–Crippen MR) is 58.2 cm³/mol. The third kappa shape index (κ3) is 2.06. The van der Waals surface area contributed by atoms with Crippen LogP contribution in [0.1, 0.15) is 24.5 Å². The van der Waals surface area contributed by atoms with Crippen molar-refractivity contribution in [2.24, 2.45) is 0 Å². The molecule has 1 aromatic carbocycles. The van der Waals surface area contributed by atoms with E-state index in [-0.39, 0.29) is 5.75 Å². The van der Waals surface area contributed by atoms with Gasteiger partial charge in [-0.3, -0.25) is 0 Å². The lowest BCUT2D eigenvalue weighted by Gasteiger charge is -2.17. The molecule has 4 heteroatoms. The zero-order valence-electron chi connectivity index (χ0n) is 8.33. The van der Waals surface area contributed by atoms with Crippen LogP contribution in [0.4, 0.5) is 0 Å². The molecule has 0 aromatic heterocycles. The molecule has 2 atom stereocenters. The first kappa shape index (κ1) is 10.6. The second kappa shape index (κ2) is 3.94. The summed E-state index contributed by atoms with van der Waals surface area (Å²) in [5.41, 5.74) is 0.688. The fourth-order valence-corrected chi connectivity index (χ4v) is 3.98. The Labute approximate surface area is 89.7 Å². The van der Waals surface area contributed by atoms with Crippen LogP contribution < -0.4 is 0 Å². The van der Waals surface area contributed by atoms with Gasteiger partial charge in [0.1, 0.15) is 0 Å². The van der Waals surface area contributed by atoms with Crippen molar-refractivity contribution in [3.63, 3.8) is 0 Å². The van der Waals surface area contributed by atoms with Crippen LogP contribution in [0.25, 0.3) is 0 Å². The molecule has 0 amide bonds. The van der Waals surface area contributed by atoms with Crippen LogP contribution in [0.2, 0.25) is 0 Å². The van der Waals surface area contributed by atoms with Crippen LogP contribution in [0.5, 0.6) is 0 Å². The molecule has 3 nitrogen and oxygen atoms in total. The highest BCUT2D eigenvalue weighted by atomic mass is 32.2. The Morgan fingerprint density at radius 1 is 1.27 bits per heavy atom. The molecule has 0 aliphatic carbocycles. The molecule has 0 unspecified atom stereocenters. The first-order chi connectivity index (χ1) is 7.11. The second-order valence-corrected chi connectivity index (χ2v) is 6.24. The van der Waals surface area contributed by atoms with E-state index in [1.165, 1.54) is 0 Å². The largest absolute Gasteiger partial charge is 0.387 e. The third-order valence-corrected chi connectivity index (χ3v) is 5.15. The quantitative estimate of drug-likeness (QED) is 0.827. The minimum absolute atomic E-state index is 0.210. The Morgan fingerprint density at radius 3 is 2.47 bits per heavy atom. The van der Waals surface area contributed by atoms with E-state index in [2.05, 4.69) is 0 Å². The smallest absolute Gasteiger partial charge is 0.156 e. The topological polar surface area (TPSA) is 54.4 Å². The lowest BCUT2D eigenvalue weighted by atomic mass is 10.0. The lowest BCUT2D eigenvalue weighted by Crippen LogP contribution is -2.24. The zero-order valence-corrected chi connectivity index (χ0v) is 9.15. The standard InChI is InChI=1S/C11H14O3S/c12-11(9-5-2-1-3-6-9)10-7-4-8-15(10,13)14/h1-3,5-6,10-12H,4,7-8H2/t10-,11+/m1/s1. The monoisotopic (exact) mass is 226 g/mol. The fraction of sp³-hybridized carbons (Fsp3) is 0.455. The Kier molecular flexibility index (Phi) is 2.80. The van der Waals surface area contributed by atoms with Gasteiger partial charge in [0.15, 0.2) is 9.84 Å². The number of aliphatic hydroxyl groups excluding tert-OH is 1. The maximum absolute atomic E-state index is 11.6. The van der Waals surface area contributed by atoms with E-state index in [4.69, 9.17) is 0 Å². The highest BCUT2D eigenvalue weighted by molar-refractivity contribution is 7.92. The predicted octanol–water partition coefficient (Wildman–Crippen LogP) is 1.30. The Hall–Kier alpha value is -0.870. The van der Waals surface area contributed by atoms with Crippen LogP contribution in [-0.4, -0.2) is 24.5 Å². The highest BCUT2D eigenvalue weighted by Crippen LogP contribution is 2.31. The molecule has 0 saturated carbocycles. The minimum Gasteiger partial charge on any atom is -0.387 e. The number of hydrogen-bond acceptors (Lipinski definition) is 3. The molecule has 1 aliphatic heterocycles. The van der Waals surface area contributed by atoms with Crippen molar-refractivity contribution in [2.45, 2.75) is 24.2 Å². The number of sulfone groups is 1. The number of rotatable bonds is 2. The molecule has 15 heavy (non-hydrogen) atoms. The maximum Gasteiger partial charge on any atom is 0.156 e. The molecule has 1 aromatic rings. The van der Waals surface area contributed by atoms with Crippen LogP contribution in [0.15, 0.2) is 30.3 Å². The van der Waals surface area contributed by atoms with Gasteiger partial charge >= 0.3 is 0 Å². The van der Waals surface area contributed by atoms with Crippen LogP contribution in [-0.2, 0) is 9.84 Å². The first-order valence-electron chi connectivity index (χ1n) is 5.06. The summed E-state index contributed by atoms with van der Waals surface area (Å²) >= 11 is 0. The second-order valence-electron chi connectivity index (χ2n) is 3.90. The number of aliphatic hydroxyl groups is 1. The average molecular weight is 226 g/mol. The molecule has 0 radical (unpaired) electrons. The van der Waals surface area contributed by atoms with Crippen LogP contribution >= 0.6 is 0 Å². The van der Waals surface area contributed by atoms with Gasteiger partial charge < -0.3 is 5.11 Å². The van der Waals surface area contributed by atoms with Crippen molar-refractivity contribution in [2.75, 3.05) is 5.75 Å². The maximum atomic E-state index is 11.6. The Balaban J connectivity index is 2.26. The van der Waals surface area contributed by atoms with Gasteiger partial charge in [-0.05, 0) is 18.4 Å².